The van der Waals surface area contributed by atoms with Gasteiger partial charge in [0.1, 0.15) is 5.69 Å². The van der Waals surface area contributed by atoms with E-state index < -0.39 is 17.8 Å². The van der Waals surface area contributed by atoms with Gasteiger partial charge < -0.3 is 9.82 Å². The van der Waals surface area contributed by atoms with Crippen LogP contribution in [0.15, 0.2) is 18.3 Å². The fourth-order valence-corrected chi connectivity index (χ4v) is 1.25. The Labute approximate surface area is 84.8 Å². The summed E-state index contributed by atoms with van der Waals surface area (Å²) >= 11 is 0. The number of hydroxylamine groups is 2. The van der Waals surface area contributed by atoms with E-state index in [1.165, 1.54) is 6.07 Å². The summed E-state index contributed by atoms with van der Waals surface area (Å²) in [5.74, 6) is -1.72. The monoisotopic (exact) mass is 208 g/mol. The van der Waals surface area contributed by atoms with Gasteiger partial charge in [0.25, 0.3) is 11.8 Å². The molecule has 2 amide bonds. The van der Waals surface area contributed by atoms with Crippen LogP contribution in [0.3, 0.4) is 0 Å². The van der Waals surface area contributed by atoms with E-state index in [4.69, 9.17) is 0 Å². The summed E-state index contributed by atoms with van der Waals surface area (Å²) in [6, 6.07) is 3.11. The number of H-pyrrole nitrogens is 1. The molecule has 1 aliphatic rings. The second-order valence-electron chi connectivity index (χ2n) is 3.04. The van der Waals surface area contributed by atoms with Crippen molar-refractivity contribution >= 4 is 17.8 Å². The standard InChI is InChI=1S/C9H8N2O4/c12-7-3-4-8(13)11(7)15-9(14)6-2-1-5-10-6/h1-2,5,10H,3-4H2. The molecule has 0 atom stereocenters. The molecule has 2 rings (SSSR count). The molecule has 1 fully saturated rings. The molecule has 78 valence electrons. The molecule has 1 N–H and O–H groups in total. The fraction of sp³-hybridized carbons (Fsp3) is 0.222. The topological polar surface area (TPSA) is 79.5 Å². The van der Waals surface area contributed by atoms with E-state index in [9.17, 15) is 14.4 Å². The highest BCUT2D eigenvalue weighted by molar-refractivity contribution is 6.02. The van der Waals surface area contributed by atoms with Crippen LogP contribution < -0.4 is 0 Å². The van der Waals surface area contributed by atoms with Crippen LogP contribution in [0.4, 0.5) is 0 Å². The van der Waals surface area contributed by atoms with Gasteiger partial charge in [-0.05, 0) is 12.1 Å². The van der Waals surface area contributed by atoms with E-state index >= 15 is 0 Å². The number of imide groups is 1. The summed E-state index contributed by atoms with van der Waals surface area (Å²) in [6.07, 6.45) is 1.73. The minimum absolute atomic E-state index is 0.0941. The lowest BCUT2D eigenvalue weighted by molar-refractivity contribution is -0.172. The molecule has 2 heterocycles. The normalized spacial score (nSPS) is 15.9. The van der Waals surface area contributed by atoms with Crippen LogP contribution in [-0.4, -0.2) is 27.8 Å². The Kier molecular flexibility index (Phi) is 2.24. The van der Waals surface area contributed by atoms with Gasteiger partial charge >= 0.3 is 5.97 Å². The average molecular weight is 208 g/mol. The van der Waals surface area contributed by atoms with Gasteiger partial charge in [0.15, 0.2) is 0 Å². The van der Waals surface area contributed by atoms with Crippen molar-refractivity contribution < 1.29 is 19.2 Å². The zero-order valence-corrected chi connectivity index (χ0v) is 7.73. The van der Waals surface area contributed by atoms with Crippen LogP contribution in [0.25, 0.3) is 0 Å². The van der Waals surface area contributed by atoms with Crippen molar-refractivity contribution in [2.24, 2.45) is 0 Å². The third-order valence-electron chi connectivity index (χ3n) is 2.00. The van der Waals surface area contributed by atoms with Crippen LogP contribution in [0.2, 0.25) is 0 Å². The molecule has 0 unspecified atom stereocenters. The van der Waals surface area contributed by atoms with E-state index in [2.05, 4.69) is 9.82 Å². The van der Waals surface area contributed by atoms with Crippen molar-refractivity contribution in [1.29, 1.82) is 0 Å². The molecular formula is C9H8N2O4. The highest BCUT2D eigenvalue weighted by Gasteiger charge is 2.33. The highest BCUT2D eigenvalue weighted by Crippen LogP contribution is 2.13. The molecule has 1 aliphatic heterocycles. The summed E-state index contributed by atoms with van der Waals surface area (Å²) in [7, 11) is 0. The predicted octanol–water partition coefficient (Wildman–Crippen LogP) is 0.235. The number of amides is 2. The van der Waals surface area contributed by atoms with Gasteiger partial charge in [0, 0.05) is 19.0 Å². The van der Waals surface area contributed by atoms with Crippen LogP contribution in [0.1, 0.15) is 23.3 Å². The number of hydrogen-bond acceptors (Lipinski definition) is 4. The van der Waals surface area contributed by atoms with Crippen LogP contribution in [0.5, 0.6) is 0 Å². The van der Waals surface area contributed by atoms with E-state index in [1.54, 1.807) is 12.3 Å². The van der Waals surface area contributed by atoms with Crippen molar-refractivity contribution in [2.45, 2.75) is 12.8 Å². The second kappa shape index (κ2) is 3.56. The number of hydrogen-bond donors (Lipinski definition) is 1. The zero-order valence-electron chi connectivity index (χ0n) is 7.73. The number of aromatic nitrogens is 1. The maximum atomic E-state index is 11.4. The maximum absolute atomic E-state index is 11.4. The van der Waals surface area contributed by atoms with Gasteiger partial charge in [-0.3, -0.25) is 9.59 Å². The molecule has 0 aromatic carbocycles. The van der Waals surface area contributed by atoms with Gasteiger partial charge in [-0.2, -0.15) is 0 Å². The van der Waals surface area contributed by atoms with Gasteiger partial charge in [-0.1, -0.05) is 0 Å². The molecule has 1 saturated heterocycles. The highest BCUT2D eigenvalue weighted by atomic mass is 16.7. The first-order chi connectivity index (χ1) is 7.18. The Balaban J connectivity index is 2.06. The summed E-state index contributed by atoms with van der Waals surface area (Å²) in [5, 5.41) is 0.517. The van der Waals surface area contributed by atoms with Crippen molar-refractivity contribution in [1.82, 2.24) is 10.0 Å². The Morgan fingerprint density at radius 2 is 2.00 bits per heavy atom. The summed E-state index contributed by atoms with van der Waals surface area (Å²) in [4.78, 5) is 40.8. The van der Waals surface area contributed by atoms with Crippen LogP contribution >= 0.6 is 0 Å². The Bertz CT molecular complexity index is 394. The quantitative estimate of drug-likeness (QED) is 0.706. The molecule has 1 aromatic rings. The molecule has 6 heteroatoms. The number of rotatable bonds is 2. The second-order valence-corrected chi connectivity index (χ2v) is 3.04. The van der Waals surface area contributed by atoms with E-state index in [0.717, 1.165) is 0 Å². The largest absolute Gasteiger partial charge is 0.379 e. The van der Waals surface area contributed by atoms with Crippen molar-refractivity contribution in [2.75, 3.05) is 0 Å². The first-order valence-electron chi connectivity index (χ1n) is 4.40. The minimum atomic E-state index is -0.747. The lowest BCUT2D eigenvalue weighted by atomic mass is 10.4. The molecule has 15 heavy (non-hydrogen) atoms. The van der Waals surface area contributed by atoms with Crippen LogP contribution in [-0.2, 0) is 14.4 Å². The van der Waals surface area contributed by atoms with Crippen LogP contribution in [0, 0.1) is 0 Å². The third kappa shape index (κ3) is 1.74. The van der Waals surface area contributed by atoms with Crippen molar-refractivity contribution in [3.05, 3.63) is 24.0 Å². The Hall–Kier alpha value is -2.11. The molecule has 0 bridgehead atoms. The van der Waals surface area contributed by atoms with Gasteiger partial charge in [-0.15, -0.1) is 5.06 Å². The molecule has 0 radical (unpaired) electrons. The fourth-order valence-electron chi connectivity index (χ4n) is 1.25. The maximum Gasteiger partial charge on any atom is 0.379 e. The van der Waals surface area contributed by atoms with Gasteiger partial charge in [0.05, 0.1) is 0 Å². The molecule has 0 spiro atoms. The van der Waals surface area contributed by atoms with E-state index in [-0.39, 0.29) is 18.5 Å². The lowest BCUT2D eigenvalue weighted by Gasteiger charge is -2.11. The first-order valence-corrected chi connectivity index (χ1v) is 4.40. The number of nitrogens with one attached hydrogen (secondary N) is 1. The van der Waals surface area contributed by atoms with E-state index in [0.29, 0.717) is 5.06 Å². The SMILES string of the molecule is O=C(ON1C(=O)CCC1=O)c1ccc[nH]1. The third-order valence-corrected chi connectivity index (χ3v) is 2.00. The Morgan fingerprint density at radius 1 is 1.33 bits per heavy atom. The number of carbonyl (C=O) groups excluding carboxylic acids is 3. The molecule has 6 nitrogen and oxygen atoms in total. The summed E-state index contributed by atoms with van der Waals surface area (Å²) < 4.78 is 0. The predicted molar refractivity (Wildman–Crippen MR) is 47.3 cm³/mol. The zero-order chi connectivity index (χ0) is 10.8. The average Bonchev–Trinajstić information content (AvgIpc) is 2.82. The Morgan fingerprint density at radius 3 is 2.53 bits per heavy atom. The molecule has 0 aliphatic carbocycles. The number of aromatic amines is 1. The lowest BCUT2D eigenvalue weighted by Crippen LogP contribution is -2.32. The van der Waals surface area contributed by atoms with E-state index in [1.807, 2.05) is 0 Å². The molecule has 0 saturated carbocycles. The van der Waals surface area contributed by atoms with Gasteiger partial charge in [0.2, 0.25) is 0 Å². The van der Waals surface area contributed by atoms with Gasteiger partial charge in [-0.25, -0.2) is 4.79 Å². The number of carbonyl (C=O) groups is 3. The summed E-state index contributed by atoms with van der Waals surface area (Å²) in [6.45, 7) is 0. The van der Waals surface area contributed by atoms with Crippen molar-refractivity contribution in [3.63, 3.8) is 0 Å². The minimum Gasteiger partial charge on any atom is -0.356 e. The summed E-state index contributed by atoms with van der Waals surface area (Å²) in [5.41, 5.74) is 0.197. The number of nitrogens with zero attached hydrogens (tertiary/aromatic N) is 1. The molecular weight excluding hydrogens is 200 g/mol. The smallest absolute Gasteiger partial charge is 0.356 e. The molecule has 1 aromatic heterocycles. The first kappa shape index (κ1) is 9.45. The van der Waals surface area contributed by atoms with Crippen molar-refractivity contribution in [3.8, 4) is 0 Å².